The van der Waals surface area contributed by atoms with E-state index in [1.54, 1.807) is 0 Å². The molecule has 0 radical (unpaired) electrons. The maximum Gasteiger partial charge on any atom is 0.328 e. The van der Waals surface area contributed by atoms with E-state index in [1.165, 1.54) is 0 Å². The summed E-state index contributed by atoms with van der Waals surface area (Å²) in [7, 11) is 0. The third kappa shape index (κ3) is 5.39. The molecule has 0 heterocycles. The topological polar surface area (TPSA) is 98.7 Å². The van der Waals surface area contributed by atoms with Crippen molar-refractivity contribution in [2.45, 2.75) is 19.4 Å². The van der Waals surface area contributed by atoms with Gasteiger partial charge in [0.1, 0.15) is 0 Å². The molecular weight excluding hydrogens is 248 g/mol. The number of rotatable bonds is 6. The summed E-state index contributed by atoms with van der Waals surface area (Å²) >= 11 is 0. The summed E-state index contributed by atoms with van der Waals surface area (Å²) < 4.78 is 0. The zero-order valence-electron chi connectivity index (χ0n) is 10.7. The van der Waals surface area contributed by atoms with E-state index in [-0.39, 0.29) is 0 Å². The Morgan fingerprint density at radius 3 is 2.68 bits per heavy atom. The summed E-state index contributed by atoms with van der Waals surface area (Å²) in [4.78, 5) is 22.0. The van der Waals surface area contributed by atoms with Crippen LogP contribution in [0.2, 0.25) is 0 Å². The van der Waals surface area contributed by atoms with Gasteiger partial charge >= 0.3 is 12.0 Å². The van der Waals surface area contributed by atoms with Crippen molar-refractivity contribution in [1.29, 1.82) is 0 Å². The molecule has 6 nitrogen and oxygen atoms in total. The highest BCUT2D eigenvalue weighted by molar-refractivity contribution is 5.82. The number of hydrogen-bond acceptors (Lipinski definition) is 3. The number of aliphatic hydroxyl groups is 1. The molecule has 0 aliphatic rings. The second kappa shape index (κ2) is 7.38. The lowest BCUT2D eigenvalue weighted by atomic mass is 10.1. The van der Waals surface area contributed by atoms with Gasteiger partial charge in [0.25, 0.3) is 0 Å². The van der Waals surface area contributed by atoms with Crippen LogP contribution in [0.25, 0.3) is 0 Å². The molecule has 0 saturated carbocycles. The number of urea groups is 1. The molecule has 19 heavy (non-hydrogen) atoms. The molecule has 1 rings (SSSR count). The van der Waals surface area contributed by atoms with Gasteiger partial charge in [-0.05, 0) is 18.9 Å². The lowest BCUT2D eigenvalue weighted by Crippen LogP contribution is -2.48. The maximum atomic E-state index is 11.4. The highest BCUT2D eigenvalue weighted by Crippen LogP contribution is 2.03. The van der Waals surface area contributed by atoms with Gasteiger partial charge in [0, 0.05) is 6.54 Å². The predicted octanol–water partition coefficient (Wildman–Crippen LogP) is 0.282. The third-order valence-electron chi connectivity index (χ3n) is 2.57. The summed E-state index contributed by atoms with van der Waals surface area (Å²) in [6.07, 6.45) is 0.659. The van der Waals surface area contributed by atoms with Gasteiger partial charge in [-0.25, -0.2) is 9.59 Å². The first kappa shape index (κ1) is 15.0. The van der Waals surface area contributed by atoms with Gasteiger partial charge in [-0.15, -0.1) is 0 Å². The van der Waals surface area contributed by atoms with E-state index < -0.39 is 24.6 Å². The Balaban J connectivity index is 2.33. The Morgan fingerprint density at radius 2 is 2.11 bits per heavy atom. The van der Waals surface area contributed by atoms with Gasteiger partial charge < -0.3 is 20.8 Å². The molecule has 0 spiro atoms. The molecule has 104 valence electrons. The normalized spacial score (nSPS) is 11.7. The predicted molar refractivity (Wildman–Crippen MR) is 69.9 cm³/mol. The number of benzene rings is 1. The van der Waals surface area contributed by atoms with Crippen LogP contribution in [0.5, 0.6) is 0 Å². The number of amides is 2. The molecular formula is C13H18N2O4. The van der Waals surface area contributed by atoms with E-state index in [0.29, 0.717) is 13.0 Å². The van der Waals surface area contributed by atoms with Gasteiger partial charge in [0.15, 0.2) is 6.04 Å². The summed E-state index contributed by atoms with van der Waals surface area (Å²) in [5.74, 6) is -1.27. The van der Waals surface area contributed by atoms with Crippen molar-refractivity contribution in [3.8, 4) is 0 Å². The molecule has 0 unspecified atom stereocenters. The minimum absolute atomic E-state index is 0.396. The molecule has 1 aromatic carbocycles. The van der Waals surface area contributed by atoms with E-state index in [2.05, 4.69) is 10.6 Å². The second-order valence-electron chi connectivity index (χ2n) is 4.21. The van der Waals surface area contributed by atoms with Crippen molar-refractivity contribution in [2.75, 3.05) is 13.2 Å². The number of carbonyl (C=O) groups is 2. The highest BCUT2D eigenvalue weighted by atomic mass is 16.4. The molecule has 0 fully saturated rings. The smallest absolute Gasteiger partial charge is 0.328 e. The molecule has 1 atom stereocenters. The number of carboxylic acids is 1. The van der Waals surface area contributed by atoms with Crippen molar-refractivity contribution >= 4 is 12.0 Å². The van der Waals surface area contributed by atoms with Gasteiger partial charge in [-0.3, -0.25) is 0 Å². The molecule has 0 bridgehead atoms. The Morgan fingerprint density at radius 1 is 1.37 bits per heavy atom. The van der Waals surface area contributed by atoms with Crippen LogP contribution in [-0.4, -0.2) is 41.4 Å². The van der Waals surface area contributed by atoms with Crippen LogP contribution in [-0.2, 0) is 11.2 Å². The number of carbonyl (C=O) groups excluding carboxylic acids is 1. The van der Waals surface area contributed by atoms with Crippen LogP contribution >= 0.6 is 0 Å². The highest BCUT2D eigenvalue weighted by Gasteiger charge is 2.17. The van der Waals surface area contributed by atoms with E-state index in [1.807, 2.05) is 31.2 Å². The fourth-order valence-corrected chi connectivity index (χ4v) is 1.58. The van der Waals surface area contributed by atoms with Crippen molar-refractivity contribution in [3.63, 3.8) is 0 Å². The van der Waals surface area contributed by atoms with Crippen molar-refractivity contribution < 1.29 is 19.8 Å². The molecule has 0 aliphatic carbocycles. The van der Waals surface area contributed by atoms with Crippen LogP contribution in [0, 0.1) is 6.92 Å². The zero-order chi connectivity index (χ0) is 14.3. The van der Waals surface area contributed by atoms with Crippen molar-refractivity contribution in [1.82, 2.24) is 10.6 Å². The zero-order valence-corrected chi connectivity index (χ0v) is 10.7. The third-order valence-corrected chi connectivity index (χ3v) is 2.57. The first-order valence-electron chi connectivity index (χ1n) is 5.96. The SMILES string of the molecule is Cc1cccc(CCNC(=O)N[C@H](CO)C(=O)O)c1. The Kier molecular flexibility index (Phi) is 5.81. The Labute approximate surface area is 111 Å². The van der Waals surface area contributed by atoms with E-state index in [4.69, 9.17) is 10.2 Å². The second-order valence-corrected chi connectivity index (χ2v) is 4.21. The Hall–Kier alpha value is -2.08. The average Bonchev–Trinajstić information content (AvgIpc) is 2.35. The minimum Gasteiger partial charge on any atom is -0.480 e. The first-order chi connectivity index (χ1) is 9.02. The first-order valence-corrected chi connectivity index (χ1v) is 5.96. The summed E-state index contributed by atoms with van der Waals surface area (Å²) in [6, 6.07) is 6.03. The van der Waals surface area contributed by atoms with Crippen LogP contribution in [0.3, 0.4) is 0 Å². The number of aryl methyl sites for hydroxylation is 1. The summed E-state index contributed by atoms with van der Waals surface area (Å²) in [5.41, 5.74) is 2.24. The van der Waals surface area contributed by atoms with Gasteiger partial charge in [-0.1, -0.05) is 29.8 Å². The molecule has 2 amide bonds. The van der Waals surface area contributed by atoms with E-state index >= 15 is 0 Å². The monoisotopic (exact) mass is 266 g/mol. The number of aliphatic carboxylic acids is 1. The molecule has 6 heteroatoms. The number of aliphatic hydroxyl groups excluding tert-OH is 1. The van der Waals surface area contributed by atoms with Crippen LogP contribution in [0.15, 0.2) is 24.3 Å². The fraction of sp³-hybridized carbons (Fsp3) is 0.385. The van der Waals surface area contributed by atoms with Crippen molar-refractivity contribution in [3.05, 3.63) is 35.4 Å². The van der Waals surface area contributed by atoms with Crippen LogP contribution in [0.4, 0.5) is 4.79 Å². The van der Waals surface area contributed by atoms with Crippen LogP contribution < -0.4 is 10.6 Å². The molecule has 1 aromatic rings. The van der Waals surface area contributed by atoms with Gasteiger partial charge in [0.05, 0.1) is 6.61 Å². The maximum absolute atomic E-state index is 11.4. The molecule has 4 N–H and O–H groups in total. The summed E-state index contributed by atoms with van der Waals surface area (Å²) in [6.45, 7) is 1.75. The number of nitrogens with one attached hydrogen (secondary N) is 2. The number of hydrogen-bond donors (Lipinski definition) is 4. The number of carboxylic acid groups (broad SMARTS) is 1. The van der Waals surface area contributed by atoms with Gasteiger partial charge in [-0.2, -0.15) is 0 Å². The molecule has 0 aromatic heterocycles. The lowest BCUT2D eigenvalue weighted by Gasteiger charge is -2.12. The molecule has 0 saturated heterocycles. The quantitative estimate of drug-likeness (QED) is 0.594. The summed E-state index contributed by atoms with van der Waals surface area (Å²) in [5, 5.41) is 22.1. The standard InChI is InChI=1S/C13H18N2O4/c1-9-3-2-4-10(7-9)5-6-14-13(19)15-11(8-16)12(17)18/h2-4,7,11,16H,5-6,8H2,1H3,(H,17,18)(H2,14,15,19)/t11-/m1/s1. The van der Waals surface area contributed by atoms with Crippen molar-refractivity contribution in [2.24, 2.45) is 0 Å². The molecule has 0 aliphatic heterocycles. The van der Waals surface area contributed by atoms with Gasteiger partial charge in [0.2, 0.25) is 0 Å². The van der Waals surface area contributed by atoms with Crippen LogP contribution in [0.1, 0.15) is 11.1 Å². The van der Waals surface area contributed by atoms with E-state index in [0.717, 1.165) is 11.1 Å². The van der Waals surface area contributed by atoms with E-state index in [9.17, 15) is 9.59 Å². The Bertz CT molecular complexity index is 448. The average molecular weight is 266 g/mol. The lowest BCUT2D eigenvalue weighted by molar-refractivity contribution is -0.140. The minimum atomic E-state index is -1.28. The largest absolute Gasteiger partial charge is 0.480 e. The fourth-order valence-electron chi connectivity index (χ4n) is 1.58.